The van der Waals surface area contributed by atoms with Crippen LogP contribution in [0.2, 0.25) is 0 Å². The molecule has 1 fully saturated rings. The van der Waals surface area contributed by atoms with Crippen LogP contribution in [0.4, 0.5) is 0 Å². The summed E-state index contributed by atoms with van der Waals surface area (Å²) in [5, 5.41) is 9.78. The van der Waals surface area contributed by atoms with Gasteiger partial charge in [0.2, 0.25) is 0 Å². The fourth-order valence-electron chi connectivity index (χ4n) is 1.39. The molecule has 0 aliphatic carbocycles. The molecule has 0 radical (unpaired) electrons. The third kappa shape index (κ3) is 2.43. The second-order valence-electron chi connectivity index (χ2n) is 3.42. The second kappa shape index (κ2) is 3.52. The van der Waals surface area contributed by atoms with Gasteiger partial charge in [-0.15, -0.1) is 0 Å². The zero-order valence-electron chi connectivity index (χ0n) is 7.05. The Bertz CT molecular complexity index is 119. The number of rotatable bonds is 2. The van der Waals surface area contributed by atoms with Crippen molar-refractivity contribution in [3.05, 3.63) is 0 Å². The smallest absolute Gasteiger partial charge is 0.0893 e. The van der Waals surface area contributed by atoms with E-state index in [1.165, 1.54) is 0 Å². The van der Waals surface area contributed by atoms with Crippen molar-refractivity contribution in [3.63, 3.8) is 0 Å². The summed E-state index contributed by atoms with van der Waals surface area (Å²) in [7, 11) is 0. The Kier molecular flexibility index (Phi) is 2.87. The highest BCUT2D eigenvalue weighted by atomic mass is 16.5. The maximum Gasteiger partial charge on any atom is 0.0893 e. The monoisotopic (exact) mass is 159 g/mol. The zero-order valence-corrected chi connectivity index (χ0v) is 7.05. The van der Waals surface area contributed by atoms with E-state index in [2.05, 4.69) is 0 Å². The third-order valence-corrected chi connectivity index (χ3v) is 2.26. The Morgan fingerprint density at radius 1 is 1.73 bits per heavy atom. The van der Waals surface area contributed by atoms with Crippen LogP contribution in [0.3, 0.4) is 0 Å². The largest absolute Gasteiger partial charge is 0.387 e. The molecule has 1 saturated heterocycles. The Balaban J connectivity index is 2.35. The molecule has 2 unspecified atom stereocenters. The molecule has 0 aromatic carbocycles. The van der Waals surface area contributed by atoms with Gasteiger partial charge in [0, 0.05) is 0 Å². The van der Waals surface area contributed by atoms with Gasteiger partial charge >= 0.3 is 0 Å². The van der Waals surface area contributed by atoms with Crippen LogP contribution >= 0.6 is 0 Å². The van der Waals surface area contributed by atoms with E-state index < -0.39 is 5.60 Å². The maximum absolute atomic E-state index is 9.78. The first-order valence-corrected chi connectivity index (χ1v) is 4.20. The molecule has 1 aliphatic heterocycles. The van der Waals surface area contributed by atoms with Crippen molar-refractivity contribution in [2.75, 3.05) is 13.2 Å². The van der Waals surface area contributed by atoms with Crippen LogP contribution < -0.4 is 5.73 Å². The fraction of sp³-hybridized carbons (Fsp3) is 1.00. The van der Waals surface area contributed by atoms with Gasteiger partial charge in [0.15, 0.2) is 0 Å². The van der Waals surface area contributed by atoms with Crippen molar-refractivity contribution in [2.45, 2.75) is 37.9 Å². The highest BCUT2D eigenvalue weighted by Gasteiger charge is 2.31. The predicted octanol–water partition coefficient (Wildman–Crippen LogP) is 0.265. The van der Waals surface area contributed by atoms with Gasteiger partial charge in [-0.1, -0.05) is 0 Å². The van der Waals surface area contributed by atoms with Gasteiger partial charge in [0.1, 0.15) is 0 Å². The summed E-state index contributed by atoms with van der Waals surface area (Å²) in [5.41, 5.74) is 4.73. The van der Waals surface area contributed by atoms with E-state index in [0.717, 1.165) is 12.8 Å². The minimum absolute atomic E-state index is 0.299. The molecular formula is C8H17NO2. The van der Waals surface area contributed by atoms with Crippen LogP contribution in [0, 0.1) is 0 Å². The minimum Gasteiger partial charge on any atom is -0.387 e. The summed E-state index contributed by atoms with van der Waals surface area (Å²) >= 11 is 0. The van der Waals surface area contributed by atoms with Crippen molar-refractivity contribution in [1.82, 2.24) is 0 Å². The van der Waals surface area contributed by atoms with Crippen LogP contribution in [0.25, 0.3) is 0 Å². The molecule has 1 rings (SSSR count). The molecule has 0 saturated carbocycles. The molecule has 66 valence electrons. The first-order valence-electron chi connectivity index (χ1n) is 4.20. The van der Waals surface area contributed by atoms with Crippen molar-refractivity contribution in [2.24, 2.45) is 5.73 Å². The quantitative estimate of drug-likeness (QED) is 0.608. The van der Waals surface area contributed by atoms with Crippen LogP contribution in [-0.2, 0) is 4.74 Å². The van der Waals surface area contributed by atoms with Gasteiger partial charge in [0.05, 0.1) is 18.3 Å². The van der Waals surface area contributed by atoms with Crippen molar-refractivity contribution < 1.29 is 9.84 Å². The molecule has 0 aromatic heterocycles. The standard InChI is InChI=1S/C8H17NO2/c1-7-2-3-8(10,4-5-9)6-11-7/h7,10H,2-6,9H2,1H3. The number of hydrogen-bond donors (Lipinski definition) is 2. The molecule has 0 bridgehead atoms. The van der Waals surface area contributed by atoms with E-state index in [4.69, 9.17) is 10.5 Å². The molecule has 3 heteroatoms. The number of aliphatic hydroxyl groups is 1. The molecule has 0 aromatic rings. The normalized spacial score (nSPS) is 39.0. The van der Waals surface area contributed by atoms with E-state index >= 15 is 0 Å². The second-order valence-corrected chi connectivity index (χ2v) is 3.42. The van der Waals surface area contributed by atoms with Crippen LogP contribution in [0.5, 0.6) is 0 Å². The topological polar surface area (TPSA) is 55.5 Å². The Labute approximate surface area is 67.5 Å². The lowest BCUT2D eigenvalue weighted by molar-refractivity contribution is -0.116. The molecule has 0 spiro atoms. The van der Waals surface area contributed by atoms with E-state index in [-0.39, 0.29) is 0 Å². The minimum atomic E-state index is -0.638. The summed E-state index contributed by atoms with van der Waals surface area (Å²) in [6, 6.07) is 0. The van der Waals surface area contributed by atoms with Crippen LogP contribution in [0.1, 0.15) is 26.2 Å². The third-order valence-electron chi connectivity index (χ3n) is 2.26. The Morgan fingerprint density at radius 2 is 2.45 bits per heavy atom. The average molecular weight is 159 g/mol. The van der Waals surface area contributed by atoms with Crippen molar-refractivity contribution in [3.8, 4) is 0 Å². The molecular weight excluding hydrogens is 142 g/mol. The molecule has 11 heavy (non-hydrogen) atoms. The lowest BCUT2D eigenvalue weighted by atomic mass is 9.91. The summed E-state index contributed by atoms with van der Waals surface area (Å²) in [4.78, 5) is 0. The number of nitrogens with two attached hydrogens (primary N) is 1. The molecule has 3 N–H and O–H groups in total. The van der Waals surface area contributed by atoms with Gasteiger partial charge in [-0.2, -0.15) is 0 Å². The first-order chi connectivity index (χ1) is 5.16. The van der Waals surface area contributed by atoms with Crippen molar-refractivity contribution >= 4 is 0 Å². The highest BCUT2D eigenvalue weighted by molar-refractivity contribution is 4.83. The van der Waals surface area contributed by atoms with Crippen LogP contribution in [-0.4, -0.2) is 30.0 Å². The highest BCUT2D eigenvalue weighted by Crippen LogP contribution is 2.24. The van der Waals surface area contributed by atoms with Crippen LogP contribution in [0.15, 0.2) is 0 Å². The van der Waals surface area contributed by atoms with E-state index in [1.54, 1.807) is 0 Å². The van der Waals surface area contributed by atoms with Crippen molar-refractivity contribution in [1.29, 1.82) is 0 Å². The lowest BCUT2D eigenvalue weighted by Crippen LogP contribution is -2.42. The Hall–Kier alpha value is -0.120. The van der Waals surface area contributed by atoms with E-state index in [1.807, 2.05) is 6.92 Å². The summed E-state index contributed by atoms with van der Waals surface area (Å²) in [6.45, 7) is 3.02. The molecule has 1 heterocycles. The summed E-state index contributed by atoms with van der Waals surface area (Å²) in [6.07, 6.45) is 2.72. The molecule has 3 nitrogen and oxygen atoms in total. The molecule has 2 atom stereocenters. The summed E-state index contributed by atoms with van der Waals surface area (Å²) < 4.78 is 5.34. The van der Waals surface area contributed by atoms with Gasteiger partial charge in [0.25, 0.3) is 0 Å². The van der Waals surface area contributed by atoms with E-state index in [9.17, 15) is 5.11 Å². The fourth-order valence-corrected chi connectivity index (χ4v) is 1.39. The van der Waals surface area contributed by atoms with Gasteiger partial charge in [-0.3, -0.25) is 0 Å². The zero-order chi connectivity index (χ0) is 8.32. The molecule has 1 aliphatic rings. The SMILES string of the molecule is CC1CCC(O)(CCN)CO1. The first kappa shape index (κ1) is 8.97. The van der Waals surface area contributed by atoms with Gasteiger partial charge < -0.3 is 15.6 Å². The molecule has 0 amide bonds. The van der Waals surface area contributed by atoms with E-state index in [0.29, 0.717) is 25.7 Å². The Morgan fingerprint density at radius 3 is 2.91 bits per heavy atom. The predicted molar refractivity (Wildman–Crippen MR) is 43.3 cm³/mol. The average Bonchev–Trinajstić information content (AvgIpc) is 1.97. The van der Waals surface area contributed by atoms with Gasteiger partial charge in [-0.25, -0.2) is 0 Å². The lowest BCUT2D eigenvalue weighted by Gasteiger charge is -2.34. The summed E-state index contributed by atoms with van der Waals surface area (Å²) in [5.74, 6) is 0. The maximum atomic E-state index is 9.78. The number of hydrogen-bond acceptors (Lipinski definition) is 3. The number of ether oxygens (including phenoxy) is 1. The van der Waals surface area contributed by atoms with Gasteiger partial charge in [-0.05, 0) is 32.7 Å².